The van der Waals surface area contributed by atoms with Crippen molar-refractivity contribution in [2.24, 2.45) is 0 Å². The summed E-state index contributed by atoms with van der Waals surface area (Å²) < 4.78 is 21.2. The summed E-state index contributed by atoms with van der Waals surface area (Å²) in [5.74, 6) is 1.41. The van der Waals surface area contributed by atoms with E-state index in [-0.39, 0.29) is 18.9 Å². The van der Waals surface area contributed by atoms with Crippen molar-refractivity contribution < 1.29 is 23.4 Å². The molecular formula is C20H17NO6. The highest BCUT2D eigenvalue weighted by atomic mass is 16.7. The van der Waals surface area contributed by atoms with Crippen molar-refractivity contribution in [1.82, 2.24) is 5.32 Å². The van der Waals surface area contributed by atoms with Gasteiger partial charge in [0.05, 0.1) is 6.61 Å². The minimum absolute atomic E-state index is 0.0487. The lowest BCUT2D eigenvalue weighted by Gasteiger charge is -2.07. The van der Waals surface area contributed by atoms with Crippen LogP contribution in [0.15, 0.2) is 51.7 Å². The third-order valence-corrected chi connectivity index (χ3v) is 4.15. The first kappa shape index (κ1) is 17.0. The molecule has 27 heavy (non-hydrogen) atoms. The van der Waals surface area contributed by atoms with Crippen LogP contribution >= 0.6 is 0 Å². The molecule has 0 fully saturated rings. The predicted octanol–water partition coefficient (Wildman–Crippen LogP) is 2.85. The van der Waals surface area contributed by atoms with Crippen LogP contribution in [-0.2, 0) is 6.54 Å². The number of nitrogens with one attached hydrogen (secondary N) is 1. The number of carbonyl (C=O) groups is 1. The van der Waals surface area contributed by atoms with E-state index >= 15 is 0 Å². The van der Waals surface area contributed by atoms with Gasteiger partial charge in [-0.2, -0.15) is 0 Å². The Kier molecular flexibility index (Phi) is 4.42. The van der Waals surface area contributed by atoms with E-state index in [0.717, 1.165) is 5.56 Å². The molecule has 1 aromatic heterocycles. The van der Waals surface area contributed by atoms with E-state index in [4.69, 9.17) is 18.6 Å². The van der Waals surface area contributed by atoms with Gasteiger partial charge in [0, 0.05) is 18.0 Å². The predicted molar refractivity (Wildman–Crippen MR) is 97.4 cm³/mol. The van der Waals surface area contributed by atoms with E-state index in [1.807, 2.05) is 13.0 Å². The van der Waals surface area contributed by atoms with Gasteiger partial charge in [-0.1, -0.05) is 6.07 Å². The van der Waals surface area contributed by atoms with Crippen molar-refractivity contribution in [1.29, 1.82) is 0 Å². The number of hydrogen-bond acceptors (Lipinski definition) is 6. The first-order valence-corrected chi connectivity index (χ1v) is 8.51. The summed E-state index contributed by atoms with van der Waals surface area (Å²) in [5.41, 5.74) is 0.462. The molecule has 0 saturated carbocycles. The average molecular weight is 367 g/mol. The Morgan fingerprint density at radius 2 is 1.96 bits per heavy atom. The van der Waals surface area contributed by atoms with E-state index < -0.39 is 11.5 Å². The molecule has 1 amide bonds. The normalized spacial score (nSPS) is 12.2. The van der Waals surface area contributed by atoms with E-state index in [2.05, 4.69) is 5.32 Å². The van der Waals surface area contributed by atoms with Gasteiger partial charge < -0.3 is 23.9 Å². The molecule has 138 valence electrons. The molecule has 0 unspecified atom stereocenters. The summed E-state index contributed by atoms with van der Waals surface area (Å²) in [6.45, 7) is 2.81. The van der Waals surface area contributed by atoms with E-state index in [1.165, 1.54) is 6.07 Å². The molecule has 0 aliphatic carbocycles. The Morgan fingerprint density at radius 3 is 2.81 bits per heavy atom. The van der Waals surface area contributed by atoms with Gasteiger partial charge in [0.25, 0.3) is 5.91 Å². The lowest BCUT2D eigenvalue weighted by atomic mass is 10.1. The molecule has 2 heterocycles. The van der Waals surface area contributed by atoms with Crippen LogP contribution in [0, 0.1) is 0 Å². The van der Waals surface area contributed by atoms with Crippen molar-refractivity contribution in [3.63, 3.8) is 0 Å². The van der Waals surface area contributed by atoms with Crippen LogP contribution in [0.2, 0.25) is 0 Å². The second kappa shape index (κ2) is 7.03. The van der Waals surface area contributed by atoms with Gasteiger partial charge in [0.1, 0.15) is 16.9 Å². The van der Waals surface area contributed by atoms with Crippen LogP contribution in [-0.4, -0.2) is 19.3 Å². The number of hydrogen-bond donors (Lipinski definition) is 1. The lowest BCUT2D eigenvalue weighted by Crippen LogP contribution is -2.27. The van der Waals surface area contributed by atoms with Crippen molar-refractivity contribution in [2.75, 3.05) is 13.4 Å². The Bertz CT molecular complexity index is 1070. The second-order valence-electron chi connectivity index (χ2n) is 5.95. The Morgan fingerprint density at radius 1 is 1.11 bits per heavy atom. The number of rotatable bonds is 5. The highest BCUT2D eigenvalue weighted by molar-refractivity contribution is 5.96. The number of carbonyl (C=O) groups excluding carboxylic acids is 1. The summed E-state index contributed by atoms with van der Waals surface area (Å²) in [5, 5.41) is 3.37. The van der Waals surface area contributed by atoms with Crippen molar-refractivity contribution in [2.45, 2.75) is 13.5 Å². The zero-order valence-electron chi connectivity index (χ0n) is 14.6. The number of benzene rings is 2. The molecule has 0 radical (unpaired) electrons. The van der Waals surface area contributed by atoms with Gasteiger partial charge in [-0.3, -0.25) is 4.79 Å². The van der Waals surface area contributed by atoms with Gasteiger partial charge >= 0.3 is 5.63 Å². The first-order chi connectivity index (χ1) is 13.1. The number of amides is 1. The molecule has 0 bridgehead atoms. The lowest BCUT2D eigenvalue weighted by molar-refractivity contribution is 0.0947. The highest BCUT2D eigenvalue weighted by Crippen LogP contribution is 2.32. The zero-order chi connectivity index (χ0) is 18.8. The highest BCUT2D eigenvalue weighted by Gasteiger charge is 2.16. The molecule has 0 saturated heterocycles. The molecule has 0 spiro atoms. The maximum Gasteiger partial charge on any atom is 0.349 e. The van der Waals surface area contributed by atoms with Gasteiger partial charge in [0.15, 0.2) is 11.5 Å². The standard InChI is InChI=1S/C20H17NO6/c1-2-24-14-5-4-13-8-15(20(23)27-17(13)9-14)19(22)21-10-12-3-6-16-18(7-12)26-11-25-16/h3-9H,2,10-11H2,1H3,(H,21,22). The molecule has 1 N–H and O–H groups in total. The van der Waals surface area contributed by atoms with Gasteiger partial charge in [0.2, 0.25) is 6.79 Å². The molecular weight excluding hydrogens is 350 g/mol. The van der Waals surface area contributed by atoms with Crippen LogP contribution in [0.4, 0.5) is 0 Å². The maximum absolute atomic E-state index is 12.4. The molecule has 1 aliphatic rings. The fourth-order valence-electron chi connectivity index (χ4n) is 2.83. The van der Waals surface area contributed by atoms with Crippen LogP contribution < -0.4 is 25.2 Å². The van der Waals surface area contributed by atoms with Gasteiger partial charge in [-0.15, -0.1) is 0 Å². The SMILES string of the molecule is CCOc1ccc2cc(C(=O)NCc3ccc4c(c3)OCO4)c(=O)oc2c1. The van der Waals surface area contributed by atoms with Crippen LogP contribution in [0.25, 0.3) is 11.0 Å². The minimum Gasteiger partial charge on any atom is -0.494 e. The molecule has 4 rings (SSSR count). The molecule has 0 atom stereocenters. The third-order valence-electron chi connectivity index (χ3n) is 4.15. The van der Waals surface area contributed by atoms with E-state index in [1.54, 1.807) is 30.3 Å². The summed E-state index contributed by atoms with van der Waals surface area (Å²) in [6.07, 6.45) is 0. The average Bonchev–Trinajstić information content (AvgIpc) is 3.13. The Labute approximate surface area is 154 Å². The second-order valence-corrected chi connectivity index (χ2v) is 5.95. The molecule has 7 nitrogen and oxygen atoms in total. The molecule has 3 aromatic rings. The maximum atomic E-state index is 12.4. The summed E-state index contributed by atoms with van der Waals surface area (Å²) in [6, 6.07) is 12.1. The summed E-state index contributed by atoms with van der Waals surface area (Å²) in [7, 11) is 0. The minimum atomic E-state index is -0.695. The van der Waals surface area contributed by atoms with Crippen molar-refractivity contribution in [3.05, 3.63) is 64.0 Å². The summed E-state index contributed by atoms with van der Waals surface area (Å²) in [4.78, 5) is 24.6. The van der Waals surface area contributed by atoms with Gasteiger partial charge in [-0.05, 0) is 42.8 Å². The Hall–Kier alpha value is -3.48. The zero-order valence-corrected chi connectivity index (χ0v) is 14.6. The fraction of sp³-hybridized carbons (Fsp3) is 0.200. The van der Waals surface area contributed by atoms with E-state index in [0.29, 0.717) is 34.8 Å². The Balaban J connectivity index is 1.52. The van der Waals surface area contributed by atoms with E-state index in [9.17, 15) is 9.59 Å². The smallest absolute Gasteiger partial charge is 0.349 e. The largest absolute Gasteiger partial charge is 0.494 e. The fourth-order valence-corrected chi connectivity index (χ4v) is 2.83. The van der Waals surface area contributed by atoms with Crippen LogP contribution in [0.5, 0.6) is 17.2 Å². The topological polar surface area (TPSA) is 87.0 Å². The first-order valence-electron chi connectivity index (χ1n) is 8.51. The monoisotopic (exact) mass is 367 g/mol. The number of ether oxygens (including phenoxy) is 3. The van der Waals surface area contributed by atoms with Crippen molar-refractivity contribution >= 4 is 16.9 Å². The van der Waals surface area contributed by atoms with Gasteiger partial charge in [-0.25, -0.2) is 4.79 Å². The van der Waals surface area contributed by atoms with Crippen LogP contribution in [0.3, 0.4) is 0 Å². The number of fused-ring (bicyclic) bond motifs is 2. The van der Waals surface area contributed by atoms with Crippen molar-refractivity contribution in [3.8, 4) is 17.2 Å². The molecule has 2 aromatic carbocycles. The third kappa shape index (κ3) is 3.44. The molecule has 1 aliphatic heterocycles. The van der Waals surface area contributed by atoms with Crippen LogP contribution in [0.1, 0.15) is 22.8 Å². The molecule has 7 heteroatoms. The quantitative estimate of drug-likeness (QED) is 0.698. The summed E-state index contributed by atoms with van der Waals surface area (Å²) >= 11 is 0.